The number of carbonyl (C=O) groups excluding carboxylic acids is 2. The van der Waals surface area contributed by atoms with Gasteiger partial charge >= 0.3 is 5.97 Å². The summed E-state index contributed by atoms with van der Waals surface area (Å²) in [5.74, 6) is 2.33. The van der Waals surface area contributed by atoms with E-state index in [4.69, 9.17) is 24.2 Å². The summed E-state index contributed by atoms with van der Waals surface area (Å²) in [7, 11) is 5.21. The molecular formula is C41H60N16O5. The van der Waals surface area contributed by atoms with Crippen LogP contribution in [0.2, 0.25) is 0 Å². The van der Waals surface area contributed by atoms with Gasteiger partial charge < -0.3 is 44.2 Å². The lowest BCUT2D eigenvalue weighted by molar-refractivity contribution is -0.141. The van der Waals surface area contributed by atoms with Crippen LogP contribution < -0.4 is 16.0 Å². The van der Waals surface area contributed by atoms with Crippen LogP contribution in [0.15, 0.2) is 25.0 Å². The van der Waals surface area contributed by atoms with Crippen molar-refractivity contribution in [1.82, 2.24) is 68.8 Å². The zero-order chi connectivity index (χ0) is 44.3. The quantitative estimate of drug-likeness (QED) is 0.150. The van der Waals surface area contributed by atoms with E-state index < -0.39 is 6.04 Å². The molecule has 334 valence electrons. The van der Waals surface area contributed by atoms with E-state index in [1.165, 1.54) is 19.8 Å². The Labute approximate surface area is 361 Å². The summed E-state index contributed by atoms with van der Waals surface area (Å²) < 4.78 is 22.9. The second-order valence-electron chi connectivity index (χ2n) is 14.7. The van der Waals surface area contributed by atoms with Gasteiger partial charge in [0.25, 0.3) is 0 Å². The molecule has 6 aromatic rings. The van der Waals surface area contributed by atoms with E-state index in [1.807, 2.05) is 84.5 Å². The molecule has 8 rings (SSSR count). The number of imidazole rings is 2. The minimum absolute atomic E-state index is 0.0591. The summed E-state index contributed by atoms with van der Waals surface area (Å²) >= 11 is 0. The van der Waals surface area contributed by atoms with Crippen molar-refractivity contribution in [2.24, 2.45) is 14.1 Å². The van der Waals surface area contributed by atoms with E-state index in [9.17, 15) is 9.59 Å². The molecule has 0 saturated carbocycles. The monoisotopic (exact) mass is 856 g/mol. The van der Waals surface area contributed by atoms with E-state index in [2.05, 4.69) is 53.0 Å². The van der Waals surface area contributed by atoms with Crippen LogP contribution in [0.4, 0.5) is 11.6 Å². The number of nitrogens with zero attached hydrogens (tertiary/aromatic N) is 13. The van der Waals surface area contributed by atoms with Gasteiger partial charge in [-0.2, -0.15) is 10.2 Å². The molecule has 21 heteroatoms. The second kappa shape index (κ2) is 21.1. The summed E-state index contributed by atoms with van der Waals surface area (Å²) in [6.45, 7) is 19.8. The fourth-order valence-corrected chi connectivity index (χ4v) is 7.32. The Balaban J connectivity index is 0.000000183. The first-order valence-electron chi connectivity index (χ1n) is 21.2. The van der Waals surface area contributed by atoms with Gasteiger partial charge in [-0.05, 0) is 40.5 Å². The van der Waals surface area contributed by atoms with Crippen LogP contribution in [0.1, 0.15) is 51.9 Å². The van der Waals surface area contributed by atoms with Crippen molar-refractivity contribution in [2.45, 2.75) is 79.6 Å². The molecule has 2 unspecified atom stereocenters. The Morgan fingerprint density at radius 1 is 0.726 bits per heavy atom. The van der Waals surface area contributed by atoms with Gasteiger partial charge in [-0.25, -0.2) is 34.7 Å². The number of methoxy groups -OCH3 is 1. The maximum absolute atomic E-state index is 13.0. The standard InChI is InChI=1S/C20H28N8O2.C17H23N7O2.C4H9NO/c1-5-15(20(29)27-7-9-30-10-8-27)24-17-16-19(22-12-21-17)26(4)18(25-16)14-11-23-28(6-2)13(14)3;1-6-12(17(25)26-5)21-14-13-16(19-9-18-14)23(4)15(22-13)11-8-20-24(7-2)10(11)3;1-3-6-4-2-5-1/h11-12,15H,5-10H2,1-4H3,(H,21,22,24);8-9,12H,6-7H2,1-5H3,(H,18,19,21);5H,1-4H2. The van der Waals surface area contributed by atoms with Crippen LogP contribution in [0.5, 0.6) is 0 Å². The number of carbonyl (C=O) groups is 2. The largest absolute Gasteiger partial charge is 0.467 e. The summed E-state index contributed by atoms with van der Waals surface area (Å²) in [6.07, 6.45) is 7.82. The molecule has 0 spiro atoms. The number of amides is 1. The van der Waals surface area contributed by atoms with Crippen LogP contribution in [0.25, 0.3) is 45.1 Å². The Bertz CT molecular complexity index is 2420. The minimum atomic E-state index is -0.492. The van der Waals surface area contributed by atoms with Crippen LogP contribution in [0, 0.1) is 13.8 Å². The SMILES string of the molecule is C1COCCN1.CCC(Nc1ncnc2c1nc(-c1cnn(CC)c1C)n2C)C(=O)N1CCOCC1.CCC(Nc1ncnc2c1nc(-c1cnn(CC)c1C)n2C)C(=O)OC. The van der Waals surface area contributed by atoms with Crippen molar-refractivity contribution in [3.63, 3.8) is 0 Å². The number of esters is 1. The van der Waals surface area contributed by atoms with E-state index in [0.717, 1.165) is 73.6 Å². The Morgan fingerprint density at radius 2 is 1.19 bits per heavy atom. The van der Waals surface area contributed by atoms with E-state index in [1.54, 1.807) is 0 Å². The van der Waals surface area contributed by atoms with Gasteiger partial charge in [0.05, 0.1) is 57.1 Å². The first-order chi connectivity index (χ1) is 30.1. The van der Waals surface area contributed by atoms with Crippen LogP contribution in [-0.4, -0.2) is 147 Å². The zero-order valence-corrected chi connectivity index (χ0v) is 37.3. The number of anilines is 2. The van der Waals surface area contributed by atoms with Crippen molar-refractivity contribution in [2.75, 3.05) is 70.3 Å². The molecule has 0 aromatic carbocycles. The predicted octanol–water partition coefficient (Wildman–Crippen LogP) is 3.13. The van der Waals surface area contributed by atoms with Crippen LogP contribution in [-0.2, 0) is 51.0 Å². The summed E-state index contributed by atoms with van der Waals surface area (Å²) in [4.78, 5) is 53.7. The summed E-state index contributed by atoms with van der Waals surface area (Å²) in [5, 5.41) is 18.4. The number of aromatic nitrogens is 12. The van der Waals surface area contributed by atoms with E-state index >= 15 is 0 Å². The normalized spacial score (nSPS) is 15.0. The Kier molecular flexibility index (Phi) is 15.5. The second-order valence-corrected chi connectivity index (χ2v) is 14.7. The van der Waals surface area contributed by atoms with Crippen molar-refractivity contribution < 1.29 is 23.8 Å². The minimum Gasteiger partial charge on any atom is -0.467 e. The molecule has 2 fully saturated rings. The molecule has 2 atom stereocenters. The lowest BCUT2D eigenvalue weighted by Crippen LogP contribution is -2.47. The third kappa shape index (κ3) is 9.84. The third-order valence-corrected chi connectivity index (χ3v) is 11.0. The fourth-order valence-electron chi connectivity index (χ4n) is 7.32. The van der Waals surface area contributed by atoms with Gasteiger partial charge in [0.15, 0.2) is 34.0 Å². The average molecular weight is 857 g/mol. The van der Waals surface area contributed by atoms with Crippen molar-refractivity contribution >= 4 is 45.8 Å². The summed E-state index contributed by atoms with van der Waals surface area (Å²) in [6, 6.07) is -0.871. The number of aryl methyl sites for hydroxylation is 4. The number of nitrogens with one attached hydrogen (secondary N) is 3. The maximum atomic E-state index is 13.0. The lowest BCUT2D eigenvalue weighted by Gasteiger charge is -2.30. The predicted molar refractivity (Wildman–Crippen MR) is 234 cm³/mol. The highest BCUT2D eigenvalue weighted by molar-refractivity contribution is 5.91. The Morgan fingerprint density at radius 3 is 1.58 bits per heavy atom. The zero-order valence-electron chi connectivity index (χ0n) is 37.3. The maximum Gasteiger partial charge on any atom is 0.328 e. The molecule has 8 heterocycles. The third-order valence-electron chi connectivity index (χ3n) is 11.0. The van der Waals surface area contributed by atoms with Crippen LogP contribution in [0.3, 0.4) is 0 Å². The highest BCUT2D eigenvalue weighted by Crippen LogP contribution is 2.30. The van der Waals surface area contributed by atoms with E-state index in [0.29, 0.717) is 73.1 Å². The molecule has 0 bridgehead atoms. The highest BCUT2D eigenvalue weighted by Gasteiger charge is 2.27. The molecular weight excluding hydrogens is 797 g/mol. The van der Waals surface area contributed by atoms with Gasteiger partial charge in [-0.1, -0.05) is 13.8 Å². The number of hydrogen-bond acceptors (Lipinski definition) is 16. The van der Waals surface area contributed by atoms with E-state index in [-0.39, 0.29) is 17.9 Å². The molecule has 0 aliphatic carbocycles. The van der Waals surface area contributed by atoms with Gasteiger partial charge in [0.2, 0.25) is 5.91 Å². The number of rotatable bonds is 12. The number of fused-ring (bicyclic) bond motifs is 2. The smallest absolute Gasteiger partial charge is 0.328 e. The van der Waals surface area contributed by atoms with Crippen molar-refractivity contribution in [3.8, 4) is 22.8 Å². The van der Waals surface area contributed by atoms with Crippen molar-refractivity contribution in [1.29, 1.82) is 0 Å². The fraction of sp³-hybridized carbons (Fsp3) is 0.561. The van der Waals surface area contributed by atoms with Gasteiger partial charge in [-0.15, -0.1) is 0 Å². The van der Waals surface area contributed by atoms with Crippen LogP contribution >= 0.6 is 0 Å². The Hall–Kier alpha value is -6.06. The van der Waals surface area contributed by atoms with Gasteiger partial charge in [-0.3, -0.25) is 14.2 Å². The molecule has 21 nitrogen and oxygen atoms in total. The first-order valence-corrected chi connectivity index (χ1v) is 21.2. The molecule has 62 heavy (non-hydrogen) atoms. The summed E-state index contributed by atoms with van der Waals surface area (Å²) in [5.41, 5.74) is 6.63. The topological polar surface area (TPSA) is 224 Å². The number of hydrogen-bond donors (Lipinski definition) is 3. The lowest BCUT2D eigenvalue weighted by atomic mass is 10.2. The molecule has 0 radical (unpaired) electrons. The van der Waals surface area contributed by atoms with Gasteiger partial charge in [0.1, 0.15) is 36.4 Å². The molecule has 6 aromatic heterocycles. The first kappa shape index (κ1) is 45.5. The average Bonchev–Trinajstić information content (AvgIpc) is 4.07. The molecule has 2 aliphatic rings. The molecule has 2 saturated heterocycles. The van der Waals surface area contributed by atoms with Gasteiger partial charge in [0, 0.05) is 64.8 Å². The number of morpholine rings is 2. The molecule has 2 aliphatic heterocycles. The van der Waals surface area contributed by atoms with Crippen molar-refractivity contribution in [3.05, 3.63) is 36.4 Å². The molecule has 1 amide bonds. The highest BCUT2D eigenvalue weighted by atomic mass is 16.5. The molecule has 3 N–H and O–H groups in total. The number of ether oxygens (including phenoxy) is 3.